The highest BCUT2D eigenvalue weighted by molar-refractivity contribution is 7.89. The zero-order valence-corrected chi connectivity index (χ0v) is 11.6. The molecule has 0 spiro atoms. The summed E-state index contributed by atoms with van der Waals surface area (Å²) >= 11 is 0. The molecule has 0 aromatic rings. The van der Waals surface area contributed by atoms with E-state index in [9.17, 15) is 8.42 Å². The van der Waals surface area contributed by atoms with E-state index in [0.717, 1.165) is 32.2 Å². The molecule has 0 amide bonds. The number of sulfonamides is 1. The first kappa shape index (κ1) is 13.6. The lowest BCUT2D eigenvalue weighted by molar-refractivity contribution is 0.218. The Kier molecular flexibility index (Phi) is 4.02. The van der Waals surface area contributed by atoms with Gasteiger partial charge in [0.2, 0.25) is 10.0 Å². The van der Waals surface area contributed by atoms with E-state index in [0.29, 0.717) is 17.8 Å². The average Bonchev–Trinajstić information content (AvgIpc) is 2.57. The summed E-state index contributed by atoms with van der Waals surface area (Å²) in [4.78, 5) is 0. The van der Waals surface area contributed by atoms with Crippen LogP contribution in [-0.2, 0) is 10.0 Å². The highest BCUT2D eigenvalue weighted by Crippen LogP contribution is 2.32. The van der Waals surface area contributed by atoms with Crippen molar-refractivity contribution < 1.29 is 8.42 Å². The van der Waals surface area contributed by atoms with Gasteiger partial charge in [-0.25, -0.2) is 8.42 Å². The van der Waals surface area contributed by atoms with Gasteiger partial charge in [-0.05, 0) is 38.5 Å². The molecule has 17 heavy (non-hydrogen) atoms. The summed E-state index contributed by atoms with van der Waals surface area (Å²) in [6, 6.07) is 1.42. The molecule has 6 heteroatoms. The highest BCUT2D eigenvalue weighted by Gasteiger charge is 2.40. The molecule has 3 rings (SSSR count). The van der Waals surface area contributed by atoms with Crippen molar-refractivity contribution in [2.75, 3.05) is 12.3 Å². The molecule has 3 heterocycles. The van der Waals surface area contributed by atoms with Crippen molar-refractivity contribution in [3.8, 4) is 0 Å². The molecule has 0 radical (unpaired) electrons. The lowest BCUT2D eigenvalue weighted by Crippen LogP contribution is -2.52. The Morgan fingerprint density at radius 1 is 1.06 bits per heavy atom. The molecule has 0 aromatic heterocycles. The standard InChI is InChI=1S/C11H20N2O2S.ClH/c14-16(15)6-2-1-5-13(16)11-7-9-3-4-10(8-11)12-9;/h9-12H,1-8H2;1H. The molecule has 0 saturated carbocycles. The second-order valence-electron chi connectivity index (χ2n) is 5.40. The third-order valence-corrected chi connectivity index (χ3v) is 6.24. The largest absolute Gasteiger partial charge is 0.311 e. The van der Waals surface area contributed by atoms with Crippen molar-refractivity contribution in [1.82, 2.24) is 9.62 Å². The van der Waals surface area contributed by atoms with E-state index in [1.165, 1.54) is 12.8 Å². The monoisotopic (exact) mass is 280 g/mol. The molecular weight excluding hydrogens is 260 g/mol. The SMILES string of the molecule is Cl.O=S1(=O)CCCCN1C1CC2CCC(C1)N2. The Hall–Kier alpha value is 0.160. The van der Waals surface area contributed by atoms with Gasteiger partial charge < -0.3 is 5.32 Å². The molecule has 2 bridgehead atoms. The first-order valence-electron chi connectivity index (χ1n) is 6.41. The fraction of sp³-hybridized carbons (Fsp3) is 1.00. The zero-order chi connectivity index (χ0) is 11.2. The van der Waals surface area contributed by atoms with Crippen LogP contribution in [-0.4, -0.2) is 43.1 Å². The normalized spacial score (nSPS) is 40.8. The van der Waals surface area contributed by atoms with Crippen LogP contribution in [0.25, 0.3) is 0 Å². The number of fused-ring (bicyclic) bond motifs is 2. The van der Waals surface area contributed by atoms with Gasteiger partial charge in [0.25, 0.3) is 0 Å². The van der Waals surface area contributed by atoms with E-state index >= 15 is 0 Å². The molecule has 2 unspecified atom stereocenters. The minimum Gasteiger partial charge on any atom is -0.311 e. The quantitative estimate of drug-likeness (QED) is 0.783. The number of nitrogens with one attached hydrogen (secondary N) is 1. The van der Waals surface area contributed by atoms with Gasteiger partial charge in [-0.1, -0.05) is 0 Å². The van der Waals surface area contributed by atoms with Gasteiger partial charge in [0, 0.05) is 24.7 Å². The van der Waals surface area contributed by atoms with Gasteiger partial charge >= 0.3 is 0 Å². The van der Waals surface area contributed by atoms with E-state index in [4.69, 9.17) is 0 Å². The molecular formula is C11H21ClN2O2S. The lowest BCUT2D eigenvalue weighted by atomic mass is 9.99. The first-order chi connectivity index (χ1) is 7.65. The summed E-state index contributed by atoms with van der Waals surface area (Å²) in [6.07, 6.45) is 6.39. The minimum absolute atomic E-state index is 0. The number of nitrogens with zero attached hydrogens (tertiary/aromatic N) is 1. The Balaban J connectivity index is 0.00000108. The molecule has 1 N–H and O–H groups in total. The molecule has 0 aliphatic carbocycles. The predicted molar refractivity (Wildman–Crippen MR) is 69.9 cm³/mol. The second kappa shape index (κ2) is 5.03. The number of halogens is 1. The predicted octanol–water partition coefficient (Wildman–Crippen LogP) is 1.12. The van der Waals surface area contributed by atoms with Crippen LogP contribution in [0.3, 0.4) is 0 Å². The number of hydrogen-bond acceptors (Lipinski definition) is 3. The van der Waals surface area contributed by atoms with Crippen LogP contribution < -0.4 is 5.32 Å². The minimum atomic E-state index is -2.94. The smallest absolute Gasteiger partial charge is 0.214 e. The maximum absolute atomic E-state index is 12.0. The van der Waals surface area contributed by atoms with Gasteiger partial charge in [0.05, 0.1) is 5.75 Å². The second-order valence-corrected chi connectivity index (χ2v) is 7.44. The maximum Gasteiger partial charge on any atom is 0.214 e. The van der Waals surface area contributed by atoms with Gasteiger partial charge in [0.15, 0.2) is 0 Å². The van der Waals surface area contributed by atoms with E-state index in [2.05, 4.69) is 5.32 Å². The zero-order valence-electron chi connectivity index (χ0n) is 9.97. The molecule has 3 saturated heterocycles. The van der Waals surface area contributed by atoms with Crippen LogP contribution in [0, 0.1) is 0 Å². The number of rotatable bonds is 1. The highest BCUT2D eigenvalue weighted by atomic mass is 35.5. The Morgan fingerprint density at radius 2 is 1.71 bits per heavy atom. The van der Waals surface area contributed by atoms with E-state index in [-0.39, 0.29) is 18.4 Å². The first-order valence-corrected chi connectivity index (χ1v) is 8.02. The van der Waals surface area contributed by atoms with Crippen molar-refractivity contribution in [1.29, 1.82) is 0 Å². The van der Waals surface area contributed by atoms with Gasteiger partial charge in [-0.2, -0.15) is 4.31 Å². The Labute approximate surface area is 110 Å². The van der Waals surface area contributed by atoms with Gasteiger partial charge in [-0.15, -0.1) is 12.4 Å². The van der Waals surface area contributed by atoms with Crippen molar-refractivity contribution in [3.05, 3.63) is 0 Å². The van der Waals surface area contributed by atoms with Crippen LogP contribution in [0.5, 0.6) is 0 Å². The topological polar surface area (TPSA) is 49.4 Å². The molecule has 3 aliphatic rings. The maximum atomic E-state index is 12.0. The van der Waals surface area contributed by atoms with Gasteiger partial charge in [-0.3, -0.25) is 0 Å². The Bertz CT molecular complexity index is 362. The van der Waals surface area contributed by atoms with Crippen molar-refractivity contribution in [2.24, 2.45) is 0 Å². The Morgan fingerprint density at radius 3 is 2.29 bits per heavy atom. The van der Waals surface area contributed by atoms with Crippen LogP contribution in [0.4, 0.5) is 0 Å². The fourth-order valence-electron chi connectivity index (χ4n) is 3.48. The van der Waals surface area contributed by atoms with Gasteiger partial charge in [0.1, 0.15) is 0 Å². The molecule has 0 aromatic carbocycles. The summed E-state index contributed by atoms with van der Waals surface area (Å²) in [5.41, 5.74) is 0. The number of hydrogen-bond donors (Lipinski definition) is 1. The van der Waals surface area contributed by atoms with E-state index < -0.39 is 10.0 Å². The average molecular weight is 281 g/mol. The third kappa shape index (κ3) is 2.62. The van der Waals surface area contributed by atoms with Crippen LogP contribution in [0.2, 0.25) is 0 Å². The van der Waals surface area contributed by atoms with Crippen LogP contribution in [0.1, 0.15) is 38.5 Å². The fourth-order valence-corrected chi connectivity index (χ4v) is 5.32. The molecule has 3 aliphatic heterocycles. The van der Waals surface area contributed by atoms with Crippen molar-refractivity contribution >= 4 is 22.4 Å². The molecule has 3 fully saturated rings. The number of piperidine rings is 1. The van der Waals surface area contributed by atoms with Crippen LogP contribution in [0.15, 0.2) is 0 Å². The molecule has 4 nitrogen and oxygen atoms in total. The summed E-state index contributed by atoms with van der Waals surface area (Å²) in [7, 11) is -2.94. The van der Waals surface area contributed by atoms with E-state index in [1.807, 2.05) is 4.31 Å². The summed E-state index contributed by atoms with van der Waals surface area (Å²) in [5, 5.41) is 3.57. The summed E-state index contributed by atoms with van der Waals surface area (Å²) in [6.45, 7) is 0.756. The van der Waals surface area contributed by atoms with Crippen LogP contribution >= 0.6 is 12.4 Å². The lowest BCUT2D eigenvalue weighted by Gasteiger charge is -2.38. The third-order valence-electron chi connectivity index (χ3n) is 4.24. The summed E-state index contributed by atoms with van der Waals surface area (Å²) in [5.74, 6) is 0.367. The van der Waals surface area contributed by atoms with Crippen molar-refractivity contribution in [3.63, 3.8) is 0 Å². The van der Waals surface area contributed by atoms with E-state index in [1.54, 1.807) is 0 Å². The molecule has 2 atom stereocenters. The van der Waals surface area contributed by atoms with Crippen molar-refractivity contribution in [2.45, 2.75) is 56.7 Å². The molecule has 100 valence electrons. The summed E-state index contributed by atoms with van der Waals surface area (Å²) < 4.78 is 25.8.